The lowest BCUT2D eigenvalue weighted by molar-refractivity contribution is -0.166. The van der Waals surface area contributed by atoms with Crippen LogP contribution in [0.25, 0.3) is 0 Å². The van der Waals surface area contributed by atoms with Crippen LogP contribution in [-0.4, -0.2) is 48.2 Å². The number of nitrogens with one attached hydrogen (secondary N) is 1. The van der Waals surface area contributed by atoms with Crippen LogP contribution in [0, 0.1) is 40.4 Å². The minimum atomic E-state index is -0.340. The van der Waals surface area contributed by atoms with E-state index in [1.54, 1.807) is 0 Å². The van der Waals surface area contributed by atoms with Gasteiger partial charge in [0.1, 0.15) is 17.7 Å². The first-order valence-corrected chi connectivity index (χ1v) is 12.0. The molecule has 0 bridgehead atoms. The molecule has 0 radical (unpaired) electrons. The second kappa shape index (κ2) is 7.40. The Morgan fingerprint density at radius 1 is 1.10 bits per heavy atom. The molecule has 6 nitrogen and oxygen atoms in total. The van der Waals surface area contributed by atoms with Crippen molar-refractivity contribution in [3.05, 3.63) is 0 Å². The summed E-state index contributed by atoms with van der Waals surface area (Å²) >= 11 is 0. The third-order valence-corrected chi connectivity index (χ3v) is 9.80. The Hall–Kier alpha value is -1.27. The molecule has 1 heterocycles. The molecule has 166 valence electrons. The minimum Gasteiger partial charge on any atom is -0.396 e. The number of oxime groups is 1. The molecule has 2 N–H and O–H groups in total. The lowest BCUT2D eigenvalue weighted by atomic mass is 9.43. The number of Topliss-reactive ketones (excluding diaryl/α,β-unsaturated/α-hetero) is 2. The third-order valence-electron chi connectivity index (χ3n) is 9.80. The monoisotopic (exact) mass is 416 g/mol. The number of hydrogen-bond donors (Lipinski definition) is 2. The van der Waals surface area contributed by atoms with Gasteiger partial charge in [-0.2, -0.15) is 0 Å². The average Bonchev–Trinajstić information content (AvgIpc) is 3.36. The first kappa shape index (κ1) is 20.6. The maximum atomic E-state index is 13.7. The van der Waals surface area contributed by atoms with E-state index in [1.807, 2.05) is 0 Å². The molecule has 0 aromatic heterocycles. The summed E-state index contributed by atoms with van der Waals surface area (Å²) in [6, 6.07) is 0. The van der Waals surface area contributed by atoms with Gasteiger partial charge >= 0.3 is 0 Å². The quantitative estimate of drug-likeness (QED) is 0.691. The van der Waals surface area contributed by atoms with Crippen LogP contribution in [0.15, 0.2) is 5.16 Å². The van der Waals surface area contributed by atoms with Crippen LogP contribution in [-0.2, 0) is 14.4 Å². The fourth-order valence-corrected chi connectivity index (χ4v) is 7.91. The molecule has 4 saturated carbocycles. The van der Waals surface area contributed by atoms with Gasteiger partial charge in [-0.15, -0.1) is 0 Å². The first-order chi connectivity index (χ1) is 14.4. The highest BCUT2D eigenvalue weighted by Crippen LogP contribution is 2.65. The van der Waals surface area contributed by atoms with Gasteiger partial charge in [0.05, 0.1) is 12.3 Å². The van der Waals surface area contributed by atoms with E-state index in [9.17, 15) is 14.7 Å². The molecule has 0 aromatic rings. The highest BCUT2D eigenvalue weighted by Gasteiger charge is 2.65. The predicted molar refractivity (Wildman–Crippen MR) is 113 cm³/mol. The van der Waals surface area contributed by atoms with Crippen LogP contribution in [0.5, 0.6) is 0 Å². The van der Waals surface area contributed by atoms with Crippen molar-refractivity contribution in [2.24, 2.45) is 45.6 Å². The van der Waals surface area contributed by atoms with E-state index in [-0.39, 0.29) is 53.0 Å². The largest absolute Gasteiger partial charge is 0.396 e. The zero-order chi connectivity index (χ0) is 21.1. The number of carbonyl (C=O) groups excluding carboxylic acids is 2. The van der Waals surface area contributed by atoms with Gasteiger partial charge in [0.2, 0.25) is 0 Å². The molecular formula is C24H36N2O4. The Balaban J connectivity index is 1.42. The normalized spacial score (nSPS) is 49.6. The molecule has 8 atom stereocenters. The van der Waals surface area contributed by atoms with Crippen molar-refractivity contribution < 1.29 is 19.5 Å². The third kappa shape index (κ3) is 2.93. The van der Waals surface area contributed by atoms with Gasteiger partial charge in [-0.3, -0.25) is 9.59 Å². The number of aliphatic hydroxyl groups excluding tert-OH is 1. The first-order valence-electron chi connectivity index (χ1n) is 12.0. The zero-order valence-corrected chi connectivity index (χ0v) is 18.4. The molecule has 1 aliphatic heterocycles. The van der Waals surface area contributed by atoms with Crippen LogP contribution in [0.3, 0.4) is 0 Å². The van der Waals surface area contributed by atoms with Crippen LogP contribution < -0.4 is 5.32 Å². The Morgan fingerprint density at radius 2 is 1.93 bits per heavy atom. The maximum Gasteiger partial charge on any atom is 0.142 e. The Morgan fingerprint density at radius 3 is 2.67 bits per heavy atom. The maximum absolute atomic E-state index is 13.7. The lowest BCUT2D eigenvalue weighted by Gasteiger charge is -2.60. The molecule has 4 aliphatic carbocycles. The van der Waals surface area contributed by atoms with Crippen molar-refractivity contribution in [3.8, 4) is 0 Å². The van der Waals surface area contributed by atoms with Gasteiger partial charge < -0.3 is 15.3 Å². The van der Waals surface area contributed by atoms with Crippen molar-refractivity contribution in [2.45, 2.75) is 71.3 Å². The fourth-order valence-electron chi connectivity index (χ4n) is 7.91. The average molecular weight is 417 g/mol. The molecule has 5 fully saturated rings. The summed E-state index contributed by atoms with van der Waals surface area (Å²) in [6.07, 6.45) is 7.10. The van der Waals surface area contributed by atoms with Crippen molar-refractivity contribution >= 4 is 17.3 Å². The molecule has 5 unspecified atom stereocenters. The van der Waals surface area contributed by atoms with Gasteiger partial charge in [0, 0.05) is 36.6 Å². The standard InChI is InChI=1S/C24H36N2O4/c1-23-8-5-14(26-30-15-7-10-25-12-15)11-19(23)16(13-27)22(29)21-17-3-4-20(28)24(17,2)9-6-18(21)23/h15-19,21,25,27H,3-13H2,1-2H3/b26-14-/t15?,16-,17?,18?,19?,21?,23-,24+/m1/s1. The number of nitrogens with zero attached hydrogens (tertiary/aromatic N) is 1. The van der Waals surface area contributed by atoms with E-state index in [0.717, 1.165) is 63.7 Å². The van der Waals surface area contributed by atoms with Gasteiger partial charge in [0.15, 0.2) is 0 Å². The summed E-state index contributed by atoms with van der Waals surface area (Å²) in [5.74, 6) is 0.775. The van der Waals surface area contributed by atoms with E-state index >= 15 is 0 Å². The summed E-state index contributed by atoms with van der Waals surface area (Å²) in [5.41, 5.74) is 0.739. The number of rotatable bonds is 3. The molecule has 0 spiro atoms. The molecule has 1 saturated heterocycles. The van der Waals surface area contributed by atoms with Crippen LogP contribution >= 0.6 is 0 Å². The molecule has 5 rings (SSSR count). The van der Waals surface area contributed by atoms with Crippen molar-refractivity contribution in [2.75, 3.05) is 19.7 Å². The van der Waals surface area contributed by atoms with Gasteiger partial charge in [-0.25, -0.2) is 0 Å². The SMILES string of the molecule is C[C@]12CC/C(=N/OC3CCNC3)CC1[C@@H](CO)C(=O)C1C2CC[C@]2(C)C(=O)CCC12. The van der Waals surface area contributed by atoms with E-state index in [4.69, 9.17) is 4.84 Å². The van der Waals surface area contributed by atoms with E-state index in [2.05, 4.69) is 24.3 Å². The summed E-state index contributed by atoms with van der Waals surface area (Å²) < 4.78 is 0. The Bertz CT molecular complexity index is 760. The molecule has 6 heteroatoms. The lowest BCUT2D eigenvalue weighted by Crippen LogP contribution is -2.61. The highest BCUT2D eigenvalue weighted by atomic mass is 16.6. The van der Waals surface area contributed by atoms with Gasteiger partial charge in [0.25, 0.3) is 0 Å². The number of carbonyl (C=O) groups is 2. The number of ketones is 2. The second-order valence-electron chi connectivity index (χ2n) is 11.0. The summed E-state index contributed by atoms with van der Waals surface area (Å²) in [7, 11) is 0. The van der Waals surface area contributed by atoms with Crippen LogP contribution in [0.2, 0.25) is 0 Å². The Labute approximate surface area is 179 Å². The summed E-state index contributed by atoms with van der Waals surface area (Å²) in [5, 5.41) is 18.1. The zero-order valence-electron chi connectivity index (χ0n) is 18.4. The number of fused-ring (bicyclic) bond motifs is 5. The molecular weight excluding hydrogens is 380 g/mol. The van der Waals surface area contributed by atoms with Gasteiger partial charge in [-0.1, -0.05) is 19.0 Å². The summed E-state index contributed by atoms with van der Waals surface area (Å²) in [6.45, 7) is 6.17. The fraction of sp³-hybridized carbons (Fsp3) is 0.875. The van der Waals surface area contributed by atoms with Crippen molar-refractivity contribution in [3.63, 3.8) is 0 Å². The van der Waals surface area contributed by atoms with Crippen molar-refractivity contribution in [1.82, 2.24) is 5.32 Å². The number of aliphatic hydroxyl groups is 1. The molecule has 5 aliphatic rings. The molecule has 30 heavy (non-hydrogen) atoms. The van der Waals surface area contributed by atoms with E-state index in [1.165, 1.54) is 0 Å². The smallest absolute Gasteiger partial charge is 0.142 e. The van der Waals surface area contributed by atoms with Gasteiger partial charge in [-0.05, 0) is 68.2 Å². The highest BCUT2D eigenvalue weighted by molar-refractivity contribution is 5.93. The number of hydrogen-bond acceptors (Lipinski definition) is 6. The Kier molecular flexibility index (Phi) is 5.09. The van der Waals surface area contributed by atoms with E-state index in [0.29, 0.717) is 18.1 Å². The van der Waals surface area contributed by atoms with Crippen molar-refractivity contribution in [1.29, 1.82) is 0 Å². The van der Waals surface area contributed by atoms with Crippen LogP contribution in [0.4, 0.5) is 0 Å². The second-order valence-corrected chi connectivity index (χ2v) is 11.0. The molecule has 0 aromatic carbocycles. The van der Waals surface area contributed by atoms with Crippen LogP contribution in [0.1, 0.15) is 65.2 Å². The topological polar surface area (TPSA) is 88.0 Å². The summed E-state index contributed by atoms with van der Waals surface area (Å²) in [4.78, 5) is 32.1. The minimum absolute atomic E-state index is 0.0207. The molecule has 0 amide bonds. The van der Waals surface area contributed by atoms with E-state index < -0.39 is 0 Å². The predicted octanol–water partition coefficient (Wildman–Crippen LogP) is 2.73.